The Labute approximate surface area is 85.7 Å². The third-order valence-electron chi connectivity index (χ3n) is 4.09. The fourth-order valence-corrected chi connectivity index (χ4v) is 3.26. The number of fused-ring (bicyclic) bond motifs is 1. The molecule has 1 aliphatic carbocycles. The van der Waals surface area contributed by atoms with Crippen molar-refractivity contribution in [3.05, 3.63) is 0 Å². The topological polar surface area (TPSA) is 43.7 Å². The molecular weight excluding hydrogens is 178 g/mol. The van der Waals surface area contributed by atoms with Crippen LogP contribution in [-0.2, 0) is 0 Å². The normalized spacial score (nSPS) is 38.6. The van der Waals surface area contributed by atoms with E-state index in [1.807, 2.05) is 0 Å². The molecule has 3 nitrogen and oxygen atoms in total. The van der Waals surface area contributed by atoms with E-state index in [1.54, 1.807) is 0 Å². The van der Waals surface area contributed by atoms with Crippen LogP contribution in [0.15, 0.2) is 0 Å². The molecular formula is C11H21NO2. The summed E-state index contributed by atoms with van der Waals surface area (Å²) in [5.41, 5.74) is 0.174. The first kappa shape index (κ1) is 10.4. The van der Waals surface area contributed by atoms with Gasteiger partial charge < -0.3 is 15.1 Å². The van der Waals surface area contributed by atoms with Crippen LogP contribution in [0.4, 0.5) is 0 Å². The molecule has 14 heavy (non-hydrogen) atoms. The fourth-order valence-electron chi connectivity index (χ4n) is 3.26. The second-order valence-corrected chi connectivity index (χ2v) is 4.92. The van der Waals surface area contributed by atoms with Gasteiger partial charge in [0.05, 0.1) is 13.2 Å². The lowest BCUT2D eigenvalue weighted by atomic mass is 9.69. The third-order valence-corrected chi connectivity index (χ3v) is 4.09. The second-order valence-electron chi connectivity index (χ2n) is 4.92. The maximum Gasteiger partial charge on any atom is 0.0558 e. The molecule has 1 saturated carbocycles. The summed E-state index contributed by atoms with van der Waals surface area (Å²) in [5, 5.41) is 18.5. The molecule has 0 radical (unpaired) electrons. The molecule has 2 atom stereocenters. The Bertz CT molecular complexity index is 198. The lowest BCUT2D eigenvalue weighted by Crippen LogP contribution is -2.37. The first-order valence-electron chi connectivity index (χ1n) is 5.75. The Hall–Kier alpha value is -0.120. The molecule has 3 heteroatoms. The van der Waals surface area contributed by atoms with E-state index in [0.717, 1.165) is 19.6 Å². The number of hydrogen-bond donors (Lipinski definition) is 2. The summed E-state index contributed by atoms with van der Waals surface area (Å²) in [6, 6.07) is 0. The van der Waals surface area contributed by atoms with Gasteiger partial charge in [0.15, 0.2) is 0 Å². The molecule has 0 aromatic heterocycles. The van der Waals surface area contributed by atoms with Gasteiger partial charge in [0.1, 0.15) is 0 Å². The zero-order chi connectivity index (χ0) is 10.0. The Morgan fingerprint density at radius 1 is 1.29 bits per heavy atom. The Morgan fingerprint density at radius 2 is 2.14 bits per heavy atom. The standard InChI is InChI=1S/C11H21NO2/c13-6-5-12-7-10-3-1-2-4-11(10,8-12)9-14/h10,13-14H,1-9H2/t10-,11+/m0/s1. The van der Waals surface area contributed by atoms with E-state index in [1.165, 1.54) is 25.7 Å². The summed E-state index contributed by atoms with van der Waals surface area (Å²) in [5.74, 6) is 0.674. The van der Waals surface area contributed by atoms with Gasteiger partial charge in [-0.2, -0.15) is 0 Å². The van der Waals surface area contributed by atoms with Crippen LogP contribution in [-0.4, -0.2) is 48.0 Å². The van der Waals surface area contributed by atoms with E-state index >= 15 is 0 Å². The zero-order valence-electron chi connectivity index (χ0n) is 8.78. The van der Waals surface area contributed by atoms with Crippen molar-refractivity contribution in [2.75, 3.05) is 32.8 Å². The SMILES string of the molecule is OCCN1C[C@@H]2CCCC[C@]2(CO)C1. The molecule has 2 N–H and O–H groups in total. The highest BCUT2D eigenvalue weighted by molar-refractivity contribution is 4.98. The first-order chi connectivity index (χ1) is 6.80. The largest absolute Gasteiger partial charge is 0.396 e. The summed E-state index contributed by atoms with van der Waals surface area (Å²) in [6.45, 7) is 3.43. The van der Waals surface area contributed by atoms with Crippen molar-refractivity contribution in [2.45, 2.75) is 25.7 Å². The molecule has 2 aliphatic rings. The van der Waals surface area contributed by atoms with Gasteiger partial charge in [-0.3, -0.25) is 0 Å². The molecule has 1 aliphatic heterocycles. The number of nitrogens with zero attached hydrogens (tertiary/aromatic N) is 1. The summed E-state index contributed by atoms with van der Waals surface area (Å²) in [7, 11) is 0. The van der Waals surface area contributed by atoms with Gasteiger partial charge in [-0.25, -0.2) is 0 Å². The highest BCUT2D eigenvalue weighted by Gasteiger charge is 2.46. The van der Waals surface area contributed by atoms with Crippen LogP contribution >= 0.6 is 0 Å². The van der Waals surface area contributed by atoms with Gasteiger partial charge in [0, 0.05) is 25.0 Å². The van der Waals surface area contributed by atoms with Gasteiger partial charge in [-0.1, -0.05) is 12.8 Å². The number of aliphatic hydroxyl groups excluding tert-OH is 2. The average molecular weight is 199 g/mol. The van der Waals surface area contributed by atoms with Crippen LogP contribution in [0.25, 0.3) is 0 Å². The number of hydrogen-bond acceptors (Lipinski definition) is 3. The maximum atomic E-state index is 9.55. The van der Waals surface area contributed by atoms with E-state index in [0.29, 0.717) is 12.5 Å². The molecule has 0 amide bonds. The molecule has 82 valence electrons. The van der Waals surface area contributed by atoms with Crippen LogP contribution < -0.4 is 0 Å². The average Bonchev–Trinajstić information content (AvgIpc) is 2.57. The molecule has 0 spiro atoms. The minimum Gasteiger partial charge on any atom is -0.396 e. The van der Waals surface area contributed by atoms with E-state index in [-0.39, 0.29) is 12.0 Å². The van der Waals surface area contributed by atoms with Crippen molar-refractivity contribution in [1.82, 2.24) is 4.90 Å². The van der Waals surface area contributed by atoms with E-state index < -0.39 is 0 Å². The monoisotopic (exact) mass is 199 g/mol. The summed E-state index contributed by atoms with van der Waals surface area (Å²) >= 11 is 0. The molecule has 0 unspecified atom stereocenters. The first-order valence-corrected chi connectivity index (χ1v) is 5.75. The molecule has 0 aromatic rings. The van der Waals surface area contributed by atoms with Crippen molar-refractivity contribution in [2.24, 2.45) is 11.3 Å². The lowest BCUT2D eigenvalue weighted by Gasteiger charge is -2.36. The predicted octanol–water partition coefficient (Wildman–Crippen LogP) is 0.463. The number of β-amino-alcohol motifs (C(OH)–C–C–N with tert-alkyl or cyclic N) is 1. The van der Waals surface area contributed by atoms with Crippen LogP contribution in [0.1, 0.15) is 25.7 Å². The quantitative estimate of drug-likeness (QED) is 0.694. The van der Waals surface area contributed by atoms with Crippen molar-refractivity contribution < 1.29 is 10.2 Å². The minimum atomic E-state index is 0.174. The highest BCUT2D eigenvalue weighted by Crippen LogP contribution is 2.46. The fraction of sp³-hybridized carbons (Fsp3) is 1.00. The van der Waals surface area contributed by atoms with E-state index in [9.17, 15) is 5.11 Å². The van der Waals surface area contributed by atoms with Crippen molar-refractivity contribution >= 4 is 0 Å². The smallest absolute Gasteiger partial charge is 0.0558 e. The molecule has 2 fully saturated rings. The molecule has 1 saturated heterocycles. The number of rotatable bonds is 3. The van der Waals surface area contributed by atoms with Crippen LogP contribution in [0.3, 0.4) is 0 Å². The Morgan fingerprint density at radius 3 is 2.79 bits per heavy atom. The van der Waals surface area contributed by atoms with Crippen LogP contribution in [0.2, 0.25) is 0 Å². The summed E-state index contributed by atoms with van der Waals surface area (Å²) < 4.78 is 0. The number of aliphatic hydroxyl groups is 2. The third kappa shape index (κ3) is 1.69. The lowest BCUT2D eigenvalue weighted by molar-refractivity contribution is 0.0575. The van der Waals surface area contributed by atoms with Crippen molar-refractivity contribution in [1.29, 1.82) is 0 Å². The van der Waals surface area contributed by atoms with Gasteiger partial charge in [-0.05, 0) is 18.8 Å². The van der Waals surface area contributed by atoms with Gasteiger partial charge in [0.25, 0.3) is 0 Å². The van der Waals surface area contributed by atoms with Gasteiger partial charge in [0.2, 0.25) is 0 Å². The van der Waals surface area contributed by atoms with Gasteiger partial charge in [-0.15, -0.1) is 0 Å². The van der Waals surface area contributed by atoms with Gasteiger partial charge >= 0.3 is 0 Å². The second kappa shape index (κ2) is 4.17. The van der Waals surface area contributed by atoms with E-state index in [2.05, 4.69) is 4.90 Å². The van der Waals surface area contributed by atoms with Crippen molar-refractivity contribution in [3.63, 3.8) is 0 Å². The van der Waals surface area contributed by atoms with Crippen molar-refractivity contribution in [3.8, 4) is 0 Å². The minimum absolute atomic E-state index is 0.174. The Balaban J connectivity index is 2.03. The van der Waals surface area contributed by atoms with E-state index in [4.69, 9.17) is 5.11 Å². The van der Waals surface area contributed by atoms with Crippen LogP contribution in [0.5, 0.6) is 0 Å². The summed E-state index contributed by atoms with van der Waals surface area (Å²) in [4.78, 5) is 2.31. The van der Waals surface area contributed by atoms with Crippen LogP contribution in [0, 0.1) is 11.3 Å². The number of likely N-dealkylation sites (tertiary alicyclic amines) is 1. The zero-order valence-corrected chi connectivity index (χ0v) is 8.78. The molecule has 1 heterocycles. The molecule has 2 rings (SSSR count). The Kier molecular flexibility index (Phi) is 3.10. The predicted molar refractivity (Wildman–Crippen MR) is 55.0 cm³/mol. The summed E-state index contributed by atoms with van der Waals surface area (Å²) in [6.07, 6.45) is 5.03. The highest BCUT2D eigenvalue weighted by atomic mass is 16.3. The maximum absolute atomic E-state index is 9.55. The molecule has 0 bridgehead atoms. The molecule has 0 aromatic carbocycles.